The molecule has 0 radical (unpaired) electrons. The average molecular weight is 216 g/mol. The second-order valence-electron chi connectivity index (χ2n) is 3.52. The summed E-state index contributed by atoms with van der Waals surface area (Å²) in [6.07, 6.45) is 8.69. The van der Waals surface area contributed by atoms with E-state index < -0.39 is 0 Å². The molecule has 0 aromatic heterocycles. The molecule has 1 rings (SSSR count). The largest absolute Gasteiger partial charge is 0.368 e. The van der Waals surface area contributed by atoms with Gasteiger partial charge in [-0.15, -0.1) is 0 Å². The second-order valence-corrected chi connectivity index (χ2v) is 3.52. The maximum atomic E-state index is 11.6. The van der Waals surface area contributed by atoms with Crippen molar-refractivity contribution in [2.75, 3.05) is 6.54 Å². The number of carbonyl (C=O) groups excluding carboxylic acids is 1. The zero-order chi connectivity index (χ0) is 12.0. The lowest BCUT2D eigenvalue weighted by Gasteiger charge is -2.15. The number of allylic oxidation sites excluding steroid dienone is 4. The lowest BCUT2D eigenvalue weighted by Crippen LogP contribution is -2.33. The SMILES string of the molecule is C=C/C=C\C(=C)C(=O)NC1=CC=C(C)CN1. The van der Waals surface area contributed by atoms with Crippen molar-refractivity contribution in [2.24, 2.45) is 0 Å². The summed E-state index contributed by atoms with van der Waals surface area (Å²) >= 11 is 0. The van der Waals surface area contributed by atoms with Gasteiger partial charge < -0.3 is 10.6 Å². The van der Waals surface area contributed by atoms with E-state index in [-0.39, 0.29) is 5.91 Å². The van der Waals surface area contributed by atoms with Crippen LogP contribution in [0.4, 0.5) is 0 Å². The summed E-state index contributed by atoms with van der Waals surface area (Å²) in [5.41, 5.74) is 1.62. The van der Waals surface area contributed by atoms with Gasteiger partial charge in [-0.2, -0.15) is 0 Å². The standard InChI is InChI=1S/C13H16N2O/c1-4-5-6-11(3)13(16)15-12-8-7-10(2)9-14-12/h4-8,14H,1,3,9H2,2H3,(H,15,16)/b6-5-. The number of nitrogens with one attached hydrogen (secondary N) is 2. The van der Waals surface area contributed by atoms with E-state index in [4.69, 9.17) is 0 Å². The molecule has 0 atom stereocenters. The molecule has 1 heterocycles. The first kappa shape index (κ1) is 12.0. The van der Waals surface area contributed by atoms with Crippen molar-refractivity contribution < 1.29 is 4.79 Å². The lowest BCUT2D eigenvalue weighted by atomic mass is 10.2. The Labute approximate surface area is 95.9 Å². The van der Waals surface area contributed by atoms with Crippen LogP contribution in [0.5, 0.6) is 0 Å². The van der Waals surface area contributed by atoms with Gasteiger partial charge in [0.05, 0.1) is 0 Å². The molecule has 0 aliphatic carbocycles. The smallest absolute Gasteiger partial charge is 0.256 e. The minimum absolute atomic E-state index is 0.218. The van der Waals surface area contributed by atoms with Crippen LogP contribution in [0.3, 0.4) is 0 Å². The lowest BCUT2D eigenvalue weighted by molar-refractivity contribution is -0.116. The van der Waals surface area contributed by atoms with Crippen LogP contribution in [0.2, 0.25) is 0 Å². The summed E-state index contributed by atoms with van der Waals surface area (Å²) in [5, 5.41) is 5.82. The van der Waals surface area contributed by atoms with E-state index in [9.17, 15) is 4.79 Å². The molecule has 16 heavy (non-hydrogen) atoms. The van der Waals surface area contributed by atoms with E-state index >= 15 is 0 Å². The number of carbonyl (C=O) groups is 1. The van der Waals surface area contributed by atoms with Gasteiger partial charge in [0.25, 0.3) is 5.91 Å². The highest BCUT2D eigenvalue weighted by atomic mass is 16.1. The predicted molar refractivity (Wildman–Crippen MR) is 66.5 cm³/mol. The summed E-state index contributed by atoms with van der Waals surface area (Å²) in [6.45, 7) is 9.95. The molecule has 0 unspecified atom stereocenters. The van der Waals surface area contributed by atoms with Crippen molar-refractivity contribution in [3.63, 3.8) is 0 Å². The Balaban J connectivity index is 2.55. The molecule has 1 aliphatic heterocycles. The number of amides is 1. The Hall–Kier alpha value is -2.03. The van der Waals surface area contributed by atoms with Gasteiger partial charge in [-0.25, -0.2) is 0 Å². The van der Waals surface area contributed by atoms with Crippen LogP contribution in [-0.4, -0.2) is 12.5 Å². The number of rotatable bonds is 4. The minimum Gasteiger partial charge on any atom is -0.368 e. The topological polar surface area (TPSA) is 41.1 Å². The fraction of sp³-hybridized carbons (Fsp3) is 0.154. The highest BCUT2D eigenvalue weighted by Gasteiger charge is 2.07. The van der Waals surface area contributed by atoms with Crippen molar-refractivity contribution in [2.45, 2.75) is 6.92 Å². The summed E-state index contributed by atoms with van der Waals surface area (Å²) in [6, 6.07) is 0. The van der Waals surface area contributed by atoms with E-state index in [1.807, 2.05) is 19.1 Å². The third-order valence-corrected chi connectivity index (χ3v) is 2.07. The normalized spacial score (nSPS) is 14.8. The van der Waals surface area contributed by atoms with Crippen molar-refractivity contribution in [3.8, 4) is 0 Å². The van der Waals surface area contributed by atoms with Gasteiger partial charge in [0.1, 0.15) is 5.82 Å². The van der Waals surface area contributed by atoms with Crippen LogP contribution in [-0.2, 0) is 4.79 Å². The van der Waals surface area contributed by atoms with Gasteiger partial charge in [0.15, 0.2) is 0 Å². The highest BCUT2D eigenvalue weighted by molar-refractivity contribution is 5.96. The molecule has 0 spiro atoms. The van der Waals surface area contributed by atoms with Gasteiger partial charge in [-0.1, -0.05) is 43.0 Å². The van der Waals surface area contributed by atoms with Gasteiger partial charge in [0.2, 0.25) is 0 Å². The van der Waals surface area contributed by atoms with Gasteiger partial charge in [0, 0.05) is 12.1 Å². The summed E-state index contributed by atoms with van der Waals surface area (Å²) in [4.78, 5) is 11.6. The first-order valence-corrected chi connectivity index (χ1v) is 5.04. The van der Waals surface area contributed by atoms with Crippen LogP contribution in [0.1, 0.15) is 6.92 Å². The molecule has 0 saturated heterocycles. The van der Waals surface area contributed by atoms with Crippen molar-refractivity contribution in [1.82, 2.24) is 10.6 Å². The Morgan fingerprint density at radius 1 is 1.56 bits per heavy atom. The monoisotopic (exact) mass is 216 g/mol. The van der Waals surface area contributed by atoms with Crippen molar-refractivity contribution in [3.05, 3.63) is 60.5 Å². The quantitative estimate of drug-likeness (QED) is 0.555. The third-order valence-electron chi connectivity index (χ3n) is 2.07. The number of dihydropyridines is 1. The fourth-order valence-electron chi connectivity index (χ4n) is 1.13. The second kappa shape index (κ2) is 5.75. The molecule has 2 N–H and O–H groups in total. The molecular formula is C13H16N2O. The maximum Gasteiger partial charge on any atom is 0.256 e. The molecule has 1 aliphatic rings. The first-order chi connectivity index (χ1) is 7.63. The van der Waals surface area contributed by atoms with Gasteiger partial charge in [-0.05, 0) is 13.0 Å². The van der Waals surface area contributed by atoms with Crippen LogP contribution in [0, 0.1) is 0 Å². The molecule has 0 aromatic rings. The molecule has 0 fully saturated rings. The fourth-order valence-corrected chi connectivity index (χ4v) is 1.13. The van der Waals surface area contributed by atoms with E-state index in [2.05, 4.69) is 23.8 Å². The Morgan fingerprint density at radius 2 is 2.31 bits per heavy atom. The van der Waals surface area contributed by atoms with Crippen LogP contribution in [0.15, 0.2) is 60.5 Å². The van der Waals surface area contributed by atoms with Crippen LogP contribution >= 0.6 is 0 Å². The molecule has 0 aromatic carbocycles. The molecular weight excluding hydrogens is 200 g/mol. The highest BCUT2D eigenvalue weighted by Crippen LogP contribution is 2.02. The third kappa shape index (κ3) is 3.61. The summed E-state index contributed by atoms with van der Waals surface area (Å²) in [5.74, 6) is 0.480. The molecule has 0 saturated carbocycles. The summed E-state index contributed by atoms with van der Waals surface area (Å²) in [7, 11) is 0. The van der Waals surface area contributed by atoms with Crippen molar-refractivity contribution >= 4 is 5.91 Å². The average Bonchev–Trinajstić information content (AvgIpc) is 2.29. The molecule has 84 valence electrons. The number of hydrogen-bond donors (Lipinski definition) is 2. The predicted octanol–water partition coefficient (Wildman–Crippen LogP) is 1.79. The van der Waals surface area contributed by atoms with E-state index in [1.54, 1.807) is 18.2 Å². The zero-order valence-electron chi connectivity index (χ0n) is 9.42. The van der Waals surface area contributed by atoms with Crippen LogP contribution in [0.25, 0.3) is 0 Å². The van der Waals surface area contributed by atoms with Crippen LogP contribution < -0.4 is 10.6 Å². The Morgan fingerprint density at radius 3 is 2.88 bits per heavy atom. The molecule has 0 bridgehead atoms. The van der Waals surface area contributed by atoms with E-state index in [1.165, 1.54) is 5.57 Å². The molecule has 3 heteroatoms. The first-order valence-electron chi connectivity index (χ1n) is 5.04. The Bertz CT molecular complexity index is 400. The minimum atomic E-state index is -0.218. The number of hydrogen-bond acceptors (Lipinski definition) is 2. The maximum absolute atomic E-state index is 11.6. The Kier molecular flexibility index (Phi) is 4.33. The summed E-state index contributed by atoms with van der Waals surface area (Å²) < 4.78 is 0. The van der Waals surface area contributed by atoms with Gasteiger partial charge in [-0.3, -0.25) is 4.79 Å². The zero-order valence-corrected chi connectivity index (χ0v) is 9.42. The van der Waals surface area contributed by atoms with E-state index in [0.29, 0.717) is 11.4 Å². The van der Waals surface area contributed by atoms with Gasteiger partial charge >= 0.3 is 0 Å². The van der Waals surface area contributed by atoms with Crippen molar-refractivity contribution in [1.29, 1.82) is 0 Å². The molecule has 1 amide bonds. The molecule has 3 nitrogen and oxygen atoms in total. The van der Waals surface area contributed by atoms with E-state index in [0.717, 1.165) is 6.54 Å².